The van der Waals surface area contributed by atoms with E-state index in [9.17, 15) is 0 Å². The van der Waals surface area contributed by atoms with Gasteiger partial charge in [-0.05, 0) is 25.0 Å². The topological polar surface area (TPSA) is 74.3 Å². The Balaban J connectivity index is 2.32. The summed E-state index contributed by atoms with van der Waals surface area (Å²) >= 11 is 0. The Hall–Kier alpha value is -1.58. The molecule has 0 aromatic carbocycles. The molecule has 0 aromatic heterocycles. The molecule has 0 bridgehead atoms. The standard InChI is InChI=1S/C22H40N4/c1-3-5-7-9-11-13-15-25-21-18-22(20(24)17-19(21)23)26-16-14-12-10-8-6-4-2/h17-18,23,25H,3-16,24H2,1-2H3. The molecule has 0 amide bonds. The van der Waals surface area contributed by atoms with Crippen LogP contribution in [-0.4, -0.2) is 24.5 Å². The monoisotopic (exact) mass is 360 g/mol. The molecule has 4 heteroatoms. The third-order valence-electron chi connectivity index (χ3n) is 4.81. The molecule has 0 fully saturated rings. The van der Waals surface area contributed by atoms with E-state index >= 15 is 0 Å². The van der Waals surface area contributed by atoms with Crippen molar-refractivity contribution in [2.45, 2.75) is 90.9 Å². The molecule has 4 N–H and O–H groups in total. The van der Waals surface area contributed by atoms with Crippen molar-refractivity contribution < 1.29 is 0 Å². The van der Waals surface area contributed by atoms with Gasteiger partial charge in [-0.25, -0.2) is 0 Å². The van der Waals surface area contributed by atoms with E-state index in [1.807, 2.05) is 6.08 Å². The zero-order valence-corrected chi connectivity index (χ0v) is 17.1. The summed E-state index contributed by atoms with van der Waals surface area (Å²) in [7, 11) is 0. The molecule has 0 aliphatic heterocycles. The lowest BCUT2D eigenvalue weighted by atomic mass is 10.0. The molecule has 26 heavy (non-hydrogen) atoms. The Kier molecular flexibility index (Phi) is 12.6. The molecule has 1 aliphatic rings. The van der Waals surface area contributed by atoms with Gasteiger partial charge in [-0.1, -0.05) is 78.1 Å². The molecule has 0 saturated heterocycles. The third kappa shape index (κ3) is 9.79. The second kappa shape index (κ2) is 14.6. The minimum absolute atomic E-state index is 0.465. The van der Waals surface area contributed by atoms with Crippen molar-refractivity contribution in [3.63, 3.8) is 0 Å². The Morgan fingerprint density at radius 1 is 0.846 bits per heavy atom. The van der Waals surface area contributed by atoms with Gasteiger partial charge in [0.2, 0.25) is 0 Å². The molecule has 0 atom stereocenters. The van der Waals surface area contributed by atoms with Crippen molar-refractivity contribution in [3.8, 4) is 0 Å². The SMILES string of the molecule is CCCCCCCCN=C1C=C(NCCCCCCCC)C(=N)C=C1N. The first-order chi connectivity index (χ1) is 12.7. The number of aliphatic imine (C=N–C) groups is 1. The van der Waals surface area contributed by atoms with E-state index in [0.29, 0.717) is 11.4 Å². The zero-order chi connectivity index (χ0) is 19.0. The number of nitrogens with two attached hydrogens (primary N) is 1. The predicted octanol–water partition coefficient (Wildman–Crippen LogP) is 5.50. The molecule has 0 aromatic rings. The fourth-order valence-corrected chi connectivity index (χ4v) is 3.11. The normalized spacial score (nSPS) is 15.9. The second-order valence-electron chi connectivity index (χ2n) is 7.30. The van der Waals surface area contributed by atoms with Crippen LogP contribution in [0.5, 0.6) is 0 Å². The summed E-state index contributed by atoms with van der Waals surface area (Å²) in [6, 6.07) is 0. The molecule has 0 radical (unpaired) electrons. The molecule has 148 valence electrons. The van der Waals surface area contributed by atoms with Crippen molar-refractivity contribution in [1.82, 2.24) is 5.32 Å². The van der Waals surface area contributed by atoms with Crippen molar-refractivity contribution in [2.24, 2.45) is 10.7 Å². The van der Waals surface area contributed by atoms with Gasteiger partial charge < -0.3 is 11.1 Å². The summed E-state index contributed by atoms with van der Waals surface area (Å²) in [5.74, 6) is 0. The average Bonchev–Trinajstić information content (AvgIpc) is 2.63. The van der Waals surface area contributed by atoms with Crippen molar-refractivity contribution in [3.05, 3.63) is 23.5 Å². The number of hydrogen-bond acceptors (Lipinski definition) is 4. The summed E-state index contributed by atoms with van der Waals surface area (Å²) in [6.07, 6.45) is 19.0. The van der Waals surface area contributed by atoms with Crippen LogP contribution in [0.4, 0.5) is 0 Å². The highest BCUT2D eigenvalue weighted by Gasteiger charge is 2.13. The quantitative estimate of drug-likeness (QED) is 0.266. The van der Waals surface area contributed by atoms with Gasteiger partial charge in [0.25, 0.3) is 0 Å². The lowest BCUT2D eigenvalue weighted by Gasteiger charge is -2.16. The van der Waals surface area contributed by atoms with Crippen LogP contribution in [0, 0.1) is 5.41 Å². The maximum atomic E-state index is 8.10. The minimum atomic E-state index is 0.465. The maximum absolute atomic E-state index is 8.10. The summed E-state index contributed by atoms with van der Waals surface area (Å²) in [5.41, 5.74) is 8.82. The van der Waals surface area contributed by atoms with Crippen LogP contribution < -0.4 is 11.1 Å². The lowest BCUT2D eigenvalue weighted by Crippen LogP contribution is -2.27. The number of hydrogen-bond donors (Lipinski definition) is 3. The Bertz CT molecular complexity index is 488. The van der Waals surface area contributed by atoms with Gasteiger partial charge in [0, 0.05) is 13.1 Å². The molecule has 1 rings (SSSR count). The molecule has 4 nitrogen and oxygen atoms in total. The molecule has 0 saturated carbocycles. The van der Waals surface area contributed by atoms with Crippen molar-refractivity contribution in [2.75, 3.05) is 13.1 Å². The highest BCUT2D eigenvalue weighted by atomic mass is 14.9. The molecular weight excluding hydrogens is 320 g/mol. The Morgan fingerprint density at radius 3 is 2.08 bits per heavy atom. The van der Waals surface area contributed by atoms with Gasteiger partial charge in [-0.15, -0.1) is 0 Å². The molecule has 0 spiro atoms. The van der Waals surface area contributed by atoms with Crippen LogP contribution in [0.1, 0.15) is 90.9 Å². The van der Waals surface area contributed by atoms with E-state index in [1.54, 1.807) is 6.08 Å². The van der Waals surface area contributed by atoms with Gasteiger partial charge in [-0.2, -0.15) is 0 Å². The molecule has 0 unspecified atom stereocenters. The van der Waals surface area contributed by atoms with E-state index in [-0.39, 0.29) is 0 Å². The smallest absolute Gasteiger partial charge is 0.0825 e. The summed E-state index contributed by atoms with van der Waals surface area (Å²) < 4.78 is 0. The highest BCUT2D eigenvalue weighted by molar-refractivity contribution is 6.22. The largest absolute Gasteiger partial charge is 0.397 e. The Labute approximate surface area is 160 Å². The summed E-state index contributed by atoms with van der Waals surface area (Å²) in [4.78, 5) is 4.66. The first-order valence-corrected chi connectivity index (χ1v) is 10.8. The molecular formula is C22H40N4. The minimum Gasteiger partial charge on any atom is -0.397 e. The summed E-state index contributed by atoms with van der Waals surface area (Å²) in [6.45, 7) is 6.23. The third-order valence-corrected chi connectivity index (χ3v) is 4.81. The molecule has 1 aliphatic carbocycles. The number of allylic oxidation sites excluding steroid dienone is 2. The van der Waals surface area contributed by atoms with Gasteiger partial charge in [0.15, 0.2) is 0 Å². The maximum Gasteiger partial charge on any atom is 0.0825 e. The fraction of sp³-hybridized carbons (Fsp3) is 0.727. The van der Waals surface area contributed by atoms with Crippen molar-refractivity contribution in [1.29, 1.82) is 5.41 Å². The molecule has 0 heterocycles. The van der Waals surface area contributed by atoms with Gasteiger partial charge in [0.05, 0.1) is 22.8 Å². The van der Waals surface area contributed by atoms with Crippen LogP contribution in [0.2, 0.25) is 0 Å². The van der Waals surface area contributed by atoms with Crippen LogP contribution >= 0.6 is 0 Å². The zero-order valence-electron chi connectivity index (χ0n) is 17.1. The predicted molar refractivity (Wildman–Crippen MR) is 115 cm³/mol. The van der Waals surface area contributed by atoms with Crippen LogP contribution in [0.25, 0.3) is 0 Å². The highest BCUT2D eigenvalue weighted by Crippen LogP contribution is 2.10. The van der Waals surface area contributed by atoms with Crippen molar-refractivity contribution >= 4 is 11.4 Å². The number of unbranched alkanes of at least 4 members (excludes halogenated alkanes) is 10. The van der Waals surface area contributed by atoms with Gasteiger partial charge in [0.1, 0.15) is 0 Å². The van der Waals surface area contributed by atoms with Crippen LogP contribution in [-0.2, 0) is 0 Å². The lowest BCUT2D eigenvalue weighted by molar-refractivity contribution is 0.596. The van der Waals surface area contributed by atoms with Crippen LogP contribution in [0.15, 0.2) is 28.5 Å². The Morgan fingerprint density at radius 2 is 1.42 bits per heavy atom. The van der Waals surface area contributed by atoms with E-state index in [0.717, 1.165) is 37.3 Å². The number of rotatable bonds is 15. The van der Waals surface area contributed by atoms with Crippen LogP contribution in [0.3, 0.4) is 0 Å². The van der Waals surface area contributed by atoms with Gasteiger partial charge >= 0.3 is 0 Å². The average molecular weight is 361 g/mol. The van der Waals surface area contributed by atoms with Gasteiger partial charge in [-0.3, -0.25) is 10.4 Å². The number of nitrogens with one attached hydrogen (secondary N) is 2. The van der Waals surface area contributed by atoms with E-state index in [1.165, 1.54) is 64.2 Å². The number of nitrogens with zero attached hydrogens (tertiary/aromatic N) is 1. The summed E-state index contributed by atoms with van der Waals surface area (Å²) in [5, 5.41) is 11.5. The van der Waals surface area contributed by atoms with E-state index in [2.05, 4.69) is 24.2 Å². The van der Waals surface area contributed by atoms with E-state index in [4.69, 9.17) is 11.1 Å². The van der Waals surface area contributed by atoms with E-state index < -0.39 is 0 Å². The second-order valence-corrected chi connectivity index (χ2v) is 7.30. The fourth-order valence-electron chi connectivity index (χ4n) is 3.11. The first-order valence-electron chi connectivity index (χ1n) is 10.8. The first kappa shape index (κ1) is 22.5.